The minimum atomic E-state index is 0.0127. The van der Waals surface area contributed by atoms with E-state index in [4.69, 9.17) is 18.9 Å². The highest BCUT2D eigenvalue weighted by Crippen LogP contribution is 2.14. The van der Waals surface area contributed by atoms with Crippen LogP contribution in [0.3, 0.4) is 0 Å². The molecule has 0 aliphatic carbocycles. The molecule has 35 heavy (non-hydrogen) atoms. The van der Waals surface area contributed by atoms with E-state index in [1.54, 1.807) is 0 Å². The third-order valence-electron chi connectivity index (χ3n) is 6.40. The molecule has 0 saturated heterocycles. The number of rotatable bonds is 30. The van der Waals surface area contributed by atoms with Gasteiger partial charge >= 0.3 is 0 Å². The molecule has 0 aromatic carbocycles. The Bertz CT molecular complexity index is 387. The van der Waals surface area contributed by atoms with Crippen LogP contribution in [0.15, 0.2) is 12.3 Å². The molecule has 0 aromatic rings. The lowest BCUT2D eigenvalue weighted by atomic mass is 10.1. The molecule has 4 heteroatoms. The standard InChI is InChI=1S/C31H62O4/c1-4-7-10-11-18-23-26-32-30-33-27-24-19-16-14-12-13-15-17-20-25-31(34-28-21-8-5-2)35-29-22-9-6-3/h24,27,31H,4-23,25-26,28-30H2,1-3H3. The summed E-state index contributed by atoms with van der Waals surface area (Å²) in [5.41, 5.74) is 0. The summed E-state index contributed by atoms with van der Waals surface area (Å²) in [4.78, 5) is 0. The lowest BCUT2D eigenvalue weighted by Crippen LogP contribution is -2.19. The highest BCUT2D eigenvalue weighted by atomic mass is 16.7. The van der Waals surface area contributed by atoms with Crippen molar-refractivity contribution in [2.45, 2.75) is 162 Å². The first kappa shape index (κ1) is 34.4. The minimum absolute atomic E-state index is 0.0127. The largest absolute Gasteiger partial charge is 0.475 e. The monoisotopic (exact) mass is 498 g/mol. The van der Waals surface area contributed by atoms with Crippen molar-refractivity contribution in [1.29, 1.82) is 0 Å². The van der Waals surface area contributed by atoms with Crippen molar-refractivity contribution < 1.29 is 18.9 Å². The Morgan fingerprint density at radius 1 is 0.514 bits per heavy atom. The molecule has 0 radical (unpaired) electrons. The molecule has 0 N–H and O–H groups in total. The van der Waals surface area contributed by atoms with Gasteiger partial charge in [-0.05, 0) is 51.0 Å². The fraction of sp³-hybridized carbons (Fsp3) is 0.935. The third-order valence-corrected chi connectivity index (χ3v) is 6.40. The van der Waals surface area contributed by atoms with Crippen LogP contribution in [0, 0.1) is 0 Å². The normalized spacial score (nSPS) is 11.8. The van der Waals surface area contributed by atoms with Gasteiger partial charge in [0.05, 0.1) is 12.9 Å². The van der Waals surface area contributed by atoms with Gasteiger partial charge < -0.3 is 18.9 Å². The summed E-state index contributed by atoms with van der Waals surface area (Å²) in [6.45, 7) is 9.62. The van der Waals surface area contributed by atoms with E-state index in [0.717, 1.165) is 51.9 Å². The van der Waals surface area contributed by atoms with Gasteiger partial charge in [0.25, 0.3) is 0 Å². The zero-order valence-electron chi connectivity index (χ0n) is 24.0. The summed E-state index contributed by atoms with van der Waals surface area (Å²) >= 11 is 0. The first-order chi connectivity index (χ1) is 17.3. The molecule has 0 bridgehead atoms. The van der Waals surface area contributed by atoms with E-state index >= 15 is 0 Å². The van der Waals surface area contributed by atoms with Crippen LogP contribution in [0.2, 0.25) is 0 Å². The van der Waals surface area contributed by atoms with E-state index < -0.39 is 0 Å². The Balaban J connectivity index is 3.46. The van der Waals surface area contributed by atoms with Gasteiger partial charge in [0.2, 0.25) is 0 Å². The van der Waals surface area contributed by atoms with Crippen molar-refractivity contribution in [3.05, 3.63) is 12.3 Å². The zero-order valence-corrected chi connectivity index (χ0v) is 24.0. The minimum Gasteiger partial charge on any atom is -0.475 e. The van der Waals surface area contributed by atoms with E-state index in [1.807, 2.05) is 6.26 Å². The van der Waals surface area contributed by atoms with Gasteiger partial charge in [-0.2, -0.15) is 0 Å². The average Bonchev–Trinajstić information content (AvgIpc) is 2.87. The third kappa shape index (κ3) is 29.5. The summed E-state index contributed by atoms with van der Waals surface area (Å²) in [5.74, 6) is 0. The molecule has 210 valence electrons. The highest BCUT2D eigenvalue weighted by Gasteiger charge is 2.09. The topological polar surface area (TPSA) is 36.9 Å². The van der Waals surface area contributed by atoms with E-state index in [1.165, 1.54) is 103 Å². The van der Waals surface area contributed by atoms with Crippen molar-refractivity contribution in [2.75, 3.05) is 26.6 Å². The maximum atomic E-state index is 6.02. The molecule has 0 aliphatic heterocycles. The maximum absolute atomic E-state index is 6.02. The zero-order chi connectivity index (χ0) is 25.5. The smallest absolute Gasteiger partial charge is 0.188 e. The Hall–Kier alpha value is -0.580. The van der Waals surface area contributed by atoms with Crippen LogP contribution in [0.1, 0.15) is 156 Å². The van der Waals surface area contributed by atoms with Gasteiger partial charge in [-0.15, -0.1) is 0 Å². The van der Waals surface area contributed by atoms with E-state index in [9.17, 15) is 0 Å². The van der Waals surface area contributed by atoms with Crippen molar-refractivity contribution in [1.82, 2.24) is 0 Å². The number of ether oxygens (including phenoxy) is 4. The number of unbranched alkanes of at least 4 members (excludes halogenated alkanes) is 16. The second-order valence-corrected chi connectivity index (χ2v) is 9.97. The summed E-state index contributed by atoms with van der Waals surface area (Å²) < 4.78 is 23.0. The molecule has 0 heterocycles. The van der Waals surface area contributed by atoms with Crippen molar-refractivity contribution in [2.24, 2.45) is 0 Å². The van der Waals surface area contributed by atoms with Crippen LogP contribution in [0.4, 0.5) is 0 Å². The summed E-state index contributed by atoms with van der Waals surface area (Å²) in [7, 11) is 0. The summed E-state index contributed by atoms with van der Waals surface area (Å²) in [5, 5.41) is 0. The van der Waals surface area contributed by atoms with Gasteiger partial charge in [-0.3, -0.25) is 0 Å². The van der Waals surface area contributed by atoms with Crippen LogP contribution in [0.25, 0.3) is 0 Å². The Morgan fingerprint density at radius 3 is 1.63 bits per heavy atom. The van der Waals surface area contributed by atoms with Crippen LogP contribution in [-0.2, 0) is 18.9 Å². The number of hydrogen-bond acceptors (Lipinski definition) is 4. The predicted octanol–water partition coefficient (Wildman–Crippen LogP) is 10.1. The van der Waals surface area contributed by atoms with E-state index in [-0.39, 0.29) is 6.29 Å². The SMILES string of the molecule is CCCCCCCCOCOC=CCCCCCCCCCC(OCCCCC)OCCCCC. The molecule has 0 unspecified atom stereocenters. The van der Waals surface area contributed by atoms with Crippen LogP contribution >= 0.6 is 0 Å². The Labute approximate surface area is 219 Å². The fourth-order valence-corrected chi connectivity index (χ4v) is 4.07. The predicted molar refractivity (Wildman–Crippen MR) is 151 cm³/mol. The first-order valence-corrected chi connectivity index (χ1v) is 15.4. The quantitative estimate of drug-likeness (QED) is 0.0560. The molecule has 0 rings (SSSR count). The molecule has 4 nitrogen and oxygen atoms in total. The van der Waals surface area contributed by atoms with Crippen LogP contribution in [-0.4, -0.2) is 32.9 Å². The molecule has 0 fully saturated rings. The van der Waals surface area contributed by atoms with Crippen LogP contribution < -0.4 is 0 Å². The second kappa shape index (κ2) is 31.4. The Kier molecular flexibility index (Phi) is 30.9. The van der Waals surface area contributed by atoms with Gasteiger partial charge in [0, 0.05) is 13.2 Å². The summed E-state index contributed by atoms with van der Waals surface area (Å²) in [6.07, 6.45) is 30.2. The van der Waals surface area contributed by atoms with Crippen LogP contribution in [0.5, 0.6) is 0 Å². The lowest BCUT2D eigenvalue weighted by molar-refractivity contribution is -0.148. The molecule has 0 aliphatic rings. The second-order valence-electron chi connectivity index (χ2n) is 9.97. The van der Waals surface area contributed by atoms with Gasteiger partial charge in [0.15, 0.2) is 13.1 Å². The van der Waals surface area contributed by atoms with Gasteiger partial charge in [0.1, 0.15) is 0 Å². The number of hydrogen-bond donors (Lipinski definition) is 0. The molecule has 0 atom stereocenters. The average molecular weight is 499 g/mol. The van der Waals surface area contributed by atoms with E-state index in [2.05, 4.69) is 26.8 Å². The molecule has 0 spiro atoms. The van der Waals surface area contributed by atoms with Crippen molar-refractivity contribution >= 4 is 0 Å². The molecular formula is C31H62O4. The molecule has 0 aromatic heterocycles. The number of allylic oxidation sites excluding steroid dienone is 1. The Morgan fingerprint density at radius 2 is 1.00 bits per heavy atom. The molecular weight excluding hydrogens is 436 g/mol. The van der Waals surface area contributed by atoms with Gasteiger partial charge in [-0.1, -0.05) is 111 Å². The molecule has 0 amide bonds. The van der Waals surface area contributed by atoms with E-state index in [0.29, 0.717) is 6.79 Å². The van der Waals surface area contributed by atoms with Gasteiger partial charge in [-0.25, -0.2) is 0 Å². The fourth-order valence-electron chi connectivity index (χ4n) is 4.07. The van der Waals surface area contributed by atoms with Crippen molar-refractivity contribution in [3.63, 3.8) is 0 Å². The highest BCUT2D eigenvalue weighted by molar-refractivity contribution is 4.72. The van der Waals surface area contributed by atoms with Crippen molar-refractivity contribution in [3.8, 4) is 0 Å². The first-order valence-electron chi connectivity index (χ1n) is 15.4. The lowest BCUT2D eigenvalue weighted by Gasteiger charge is -2.18. The maximum Gasteiger partial charge on any atom is 0.188 e. The molecule has 0 saturated carbocycles. The summed E-state index contributed by atoms with van der Waals surface area (Å²) in [6, 6.07) is 0.